The second-order valence-electron chi connectivity index (χ2n) is 11.1. The highest BCUT2D eigenvalue weighted by Crippen LogP contribution is 2.43. The number of carbonyl (C=O) groups is 1. The van der Waals surface area contributed by atoms with Crippen LogP contribution < -0.4 is 0 Å². The van der Waals surface area contributed by atoms with Crippen molar-refractivity contribution < 1.29 is 37.3 Å². The molecule has 1 N–H and O–H groups in total. The molecule has 0 aromatic rings. The van der Waals surface area contributed by atoms with E-state index >= 15 is 0 Å². The number of unbranched alkanes of at least 4 members (excludes halogenated alkanes) is 11. The van der Waals surface area contributed by atoms with Crippen molar-refractivity contribution in [2.75, 3.05) is 54.1 Å². The van der Waals surface area contributed by atoms with Crippen LogP contribution >= 0.6 is 7.82 Å². The molecule has 0 bridgehead atoms. The van der Waals surface area contributed by atoms with Crippen LogP contribution in [0.4, 0.5) is 0 Å². The van der Waals surface area contributed by atoms with Gasteiger partial charge in [0, 0.05) is 13.0 Å². The Bertz CT molecular complexity index is 637. The predicted octanol–water partition coefficient (Wildman–Crippen LogP) is 7.20. The minimum absolute atomic E-state index is 0.0873. The first kappa shape index (κ1) is 37.2. The lowest BCUT2D eigenvalue weighted by Gasteiger charge is -2.24. The Morgan fingerprint density at radius 3 is 1.95 bits per heavy atom. The summed E-state index contributed by atoms with van der Waals surface area (Å²) in [5, 5.41) is 0. The smallest absolute Gasteiger partial charge is 0.457 e. The monoisotopic (exact) mass is 564 g/mol. The summed E-state index contributed by atoms with van der Waals surface area (Å²) in [7, 11) is 1.66. The van der Waals surface area contributed by atoms with Gasteiger partial charge in [-0.2, -0.15) is 0 Å². The van der Waals surface area contributed by atoms with Gasteiger partial charge >= 0.3 is 13.8 Å². The summed E-state index contributed by atoms with van der Waals surface area (Å²) in [5.41, 5.74) is 0. The molecule has 0 aromatic heterocycles. The maximum Gasteiger partial charge on any atom is 0.472 e. The van der Waals surface area contributed by atoms with Crippen molar-refractivity contribution in [3.8, 4) is 0 Å². The van der Waals surface area contributed by atoms with Gasteiger partial charge in [0.25, 0.3) is 0 Å². The molecule has 0 fully saturated rings. The molecule has 0 aliphatic carbocycles. The number of carbonyl (C=O) groups excluding carboxylic acids is 1. The summed E-state index contributed by atoms with van der Waals surface area (Å²) in [6.45, 7) is 5.22. The molecule has 38 heavy (non-hydrogen) atoms. The van der Waals surface area contributed by atoms with E-state index < -0.39 is 13.9 Å². The molecule has 226 valence electrons. The summed E-state index contributed by atoms with van der Waals surface area (Å²) < 4.78 is 34.0. The van der Waals surface area contributed by atoms with E-state index in [4.69, 9.17) is 18.5 Å². The Kier molecular flexibility index (Phi) is 23.6. The zero-order valence-corrected chi connectivity index (χ0v) is 26.1. The van der Waals surface area contributed by atoms with E-state index in [1.165, 1.54) is 70.6 Å². The van der Waals surface area contributed by atoms with Crippen LogP contribution in [0.15, 0.2) is 12.2 Å². The molecule has 0 radical (unpaired) electrons. The highest BCUT2D eigenvalue weighted by molar-refractivity contribution is 7.47. The third-order valence-corrected chi connectivity index (χ3v) is 7.03. The predicted molar refractivity (Wildman–Crippen MR) is 155 cm³/mol. The molecule has 8 nitrogen and oxygen atoms in total. The second-order valence-corrected chi connectivity index (χ2v) is 12.6. The van der Waals surface area contributed by atoms with Gasteiger partial charge in [0.2, 0.25) is 0 Å². The van der Waals surface area contributed by atoms with E-state index in [-0.39, 0.29) is 32.2 Å². The van der Waals surface area contributed by atoms with E-state index in [0.29, 0.717) is 24.1 Å². The molecule has 0 heterocycles. The molecule has 0 saturated carbocycles. The van der Waals surface area contributed by atoms with Crippen molar-refractivity contribution in [2.45, 2.75) is 116 Å². The number of hydrogen-bond donors (Lipinski definition) is 1. The van der Waals surface area contributed by atoms with Crippen LogP contribution in [0.1, 0.15) is 110 Å². The lowest BCUT2D eigenvalue weighted by atomic mass is 10.1. The van der Waals surface area contributed by atoms with Gasteiger partial charge in [0.1, 0.15) is 19.3 Å². The van der Waals surface area contributed by atoms with Crippen molar-refractivity contribution in [2.24, 2.45) is 0 Å². The van der Waals surface area contributed by atoms with Gasteiger partial charge < -0.3 is 18.9 Å². The van der Waals surface area contributed by atoms with E-state index in [2.05, 4.69) is 19.1 Å². The number of allylic oxidation sites excluding steroid dienone is 2. The van der Waals surface area contributed by atoms with Crippen molar-refractivity contribution in [1.29, 1.82) is 0 Å². The fourth-order valence-electron chi connectivity index (χ4n) is 3.70. The van der Waals surface area contributed by atoms with Crippen molar-refractivity contribution in [1.82, 2.24) is 0 Å². The zero-order chi connectivity index (χ0) is 28.5. The third kappa shape index (κ3) is 26.8. The molecule has 2 unspecified atom stereocenters. The molecule has 0 aromatic carbocycles. The minimum atomic E-state index is -4.23. The molecule has 9 heteroatoms. The number of phosphoric acid groups is 1. The Labute approximate surface area is 233 Å². The Morgan fingerprint density at radius 2 is 1.37 bits per heavy atom. The topological polar surface area (TPSA) is 91.3 Å². The third-order valence-electron chi connectivity index (χ3n) is 6.05. The molecule has 0 spiro atoms. The summed E-state index contributed by atoms with van der Waals surface area (Å²) in [5.74, 6) is -0.370. The van der Waals surface area contributed by atoms with Crippen LogP contribution in [0, 0.1) is 0 Å². The van der Waals surface area contributed by atoms with Gasteiger partial charge in [-0.3, -0.25) is 13.8 Å². The highest BCUT2D eigenvalue weighted by atomic mass is 31.2. The van der Waals surface area contributed by atoms with E-state index in [9.17, 15) is 14.3 Å². The van der Waals surface area contributed by atoms with E-state index in [1.54, 1.807) is 0 Å². The summed E-state index contributed by atoms with van der Waals surface area (Å²) in [6, 6.07) is 0. The molecule has 0 aliphatic rings. The first-order valence-electron chi connectivity index (χ1n) is 14.9. The maximum atomic E-state index is 12.2. The van der Waals surface area contributed by atoms with Gasteiger partial charge in [-0.1, -0.05) is 77.4 Å². The molecule has 0 amide bonds. The number of esters is 1. The van der Waals surface area contributed by atoms with Gasteiger partial charge in [0.15, 0.2) is 0 Å². The average molecular weight is 565 g/mol. The lowest BCUT2D eigenvalue weighted by molar-refractivity contribution is -0.870. The van der Waals surface area contributed by atoms with Crippen molar-refractivity contribution in [3.63, 3.8) is 0 Å². The zero-order valence-electron chi connectivity index (χ0n) is 25.2. The van der Waals surface area contributed by atoms with Crippen molar-refractivity contribution in [3.05, 3.63) is 12.2 Å². The Morgan fingerprint density at radius 1 is 0.789 bits per heavy atom. The quantitative estimate of drug-likeness (QED) is 0.0371. The highest BCUT2D eigenvalue weighted by Gasteiger charge is 2.26. The number of phosphoric ester groups is 1. The van der Waals surface area contributed by atoms with Crippen LogP contribution in [0.25, 0.3) is 0 Å². The number of nitrogens with zero attached hydrogens (tertiary/aromatic N) is 1. The minimum Gasteiger partial charge on any atom is -0.457 e. The molecular weight excluding hydrogens is 505 g/mol. The molecule has 0 saturated heterocycles. The van der Waals surface area contributed by atoms with Crippen LogP contribution in [0.3, 0.4) is 0 Å². The number of likely N-dealkylation sites (N-methyl/N-ethyl adjacent to an activating group) is 1. The van der Waals surface area contributed by atoms with Crippen LogP contribution in [0.2, 0.25) is 0 Å². The second kappa shape index (κ2) is 24.1. The maximum absolute atomic E-state index is 12.2. The number of quaternary nitrogens is 1. The standard InChI is InChI=1S/C29H58NO7P/c1-6-8-9-10-11-12-13-14-15-16-17-18-19-20-21-24-34-26-28(37-29(31)22-7-2)27-36-38(32,33)35-25-23-30(3,4)5/h13-14,28H,6-12,15-27H2,1-5H3/p+1/b14-13-. The fourth-order valence-corrected chi connectivity index (χ4v) is 4.44. The molecular formula is C29H59NO7P+. The van der Waals surface area contributed by atoms with Crippen LogP contribution in [-0.2, 0) is 27.9 Å². The van der Waals surface area contributed by atoms with Gasteiger partial charge in [-0.25, -0.2) is 4.57 Å². The van der Waals surface area contributed by atoms with Crippen LogP contribution in [0.5, 0.6) is 0 Å². The normalized spacial score (nSPS) is 14.6. The van der Waals surface area contributed by atoms with E-state index in [1.807, 2.05) is 28.1 Å². The van der Waals surface area contributed by atoms with E-state index in [0.717, 1.165) is 12.8 Å². The Balaban J connectivity index is 3.98. The lowest BCUT2D eigenvalue weighted by Crippen LogP contribution is -2.37. The van der Waals surface area contributed by atoms with Crippen molar-refractivity contribution >= 4 is 13.8 Å². The fraction of sp³-hybridized carbons (Fsp3) is 0.897. The SMILES string of the molecule is CCCCCCC/C=C\CCCCCCCCOCC(COP(=O)(O)OCC[N+](C)(C)C)OC(=O)CCC. The van der Waals surface area contributed by atoms with Gasteiger partial charge in [-0.05, 0) is 38.5 Å². The molecule has 0 aliphatic heterocycles. The summed E-state index contributed by atoms with van der Waals surface area (Å²) in [4.78, 5) is 21.9. The first-order chi connectivity index (χ1) is 18.1. The summed E-state index contributed by atoms with van der Waals surface area (Å²) >= 11 is 0. The summed E-state index contributed by atoms with van der Waals surface area (Å²) in [6.07, 6.45) is 20.9. The first-order valence-corrected chi connectivity index (χ1v) is 16.4. The number of ether oxygens (including phenoxy) is 2. The van der Waals surface area contributed by atoms with Gasteiger partial charge in [0.05, 0.1) is 34.4 Å². The Hall–Kier alpha value is -0.760. The molecule has 0 rings (SSSR count). The largest absolute Gasteiger partial charge is 0.472 e. The van der Waals surface area contributed by atoms with Crippen LogP contribution in [-0.4, -0.2) is 75.6 Å². The molecule has 2 atom stereocenters. The number of hydrogen-bond acceptors (Lipinski definition) is 6. The average Bonchev–Trinajstić information content (AvgIpc) is 2.83. The number of rotatable bonds is 27. The van der Waals surface area contributed by atoms with Gasteiger partial charge in [-0.15, -0.1) is 0 Å².